The van der Waals surface area contributed by atoms with Crippen LogP contribution in [0.2, 0.25) is 0 Å². The molecular weight excluding hydrogens is 292 g/mol. The van der Waals surface area contributed by atoms with Gasteiger partial charge in [-0.1, -0.05) is 19.3 Å². The molecule has 6 heteroatoms. The van der Waals surface area contributed by atoms with E-state index in [4.69, 9.17) is 4.74 Å². The number of carbonyl (C=O) groups is 1. The van der Waals surface area contributed by atoms with Gasteiger partial charge >= 0.3 is 6.03 Å². The molecule has 1 aromatic rings. The number of methoxy groups -OCH3 is 1. The van der Waals surface area contributed by atoms with Crippen LogP contribution in [0, 0.1) is 6.92 Å². The van der Waals surface area contributed by atoms with Crippen molar-refractivity contribution in [1.29, 1.82) is 0 Å². The van der Waals surface area contributed by atoms with Crippen LogP contribution in [0.15, 0.2) is 6.07 Å². The number of carbonyl (C=O) groups excluding carboxylic acids is 1. The van der Waals surface area contributed by atoms with E-state index in [9.17, 15) is 4.79 Å². The van der Waals surface area contributed by atoms with Crippen molar-refractivity contribution in [1.82, 2.24) is 14.7 Å². The number of nitrogens with one attached hydrogen (secondary N) is 1. The Labute approximate surface area is 138 Å². The van der Waals surface area contributed by atoms with E-state index in [-0.39, 0.29) is 12.1 Å². The average Bonchev–Trinajstić information content (AvgIpc) is 2.96. The molecule has 3 rings (SSSR count). The quantitative estimate of drug-likeness (QED) is 0.929. The molecule has 1 N–H and O–H groups in total. The van der Waals surface area contributed by atoms with Crippen molar-refractivity contribution < 1.29 is 9.53 Å². The summed E-state index contributed by atoms with van der Waals surface area (Å²) in [7, 11) is 1.72. The van der Waals surface area contributed by atoms with Gasteiger partial charge in [-0.25, -0.2) is 9.48 Å². The summed E-state index contributed by atoms with van der Waals surface area (Å²) in [5.74, 6) is 0.832. The second kappa shape index (κ2) is 7.34. The summed E-state index contributed by atoms with van der Waals surface area (Å²) in [6.45, 7) is 3.44. The van der Waals surface area contributed by atoms with Crippen LogP contribution in [0.3, 0.4) is 0 Å². The van der Waals surface area contributed by atoms with E-state index in [1.165, 1.54) is 19.3 Å². The van der Waals surface area contributed by atoms with Gasteiger partial charge in [0.1, 0.15) is 5.82 Å². The van der Waals surface area contributed by atoms with E-state index in [0.717, 1.165) is 43.7 Å². The van der Waals surface area contributed by atoms with Crippen molar-refractivity contribution in [3.63, 3.8) is 0 Å². The number of hydrogen-bond donors (Lipinski definition) is 1. The van der Waals surface area contributed by atoms with Crippen molar-refractivity contribution >= 4 is 11.8 Å². The molecule has 0 radical (unpaired) electrons. The highest BCUT2D eigenvalue weighted by Gasteiger charge is 2.25. The fraction of sp³-hybridized carbons (Fsp3) is 0.765. The maximum Gasteiger partial charge on any atom is 0.323 e. The van der Waals surface area contributed by atoms with Gasteiger partial charge in [-0.2, -0.15) is 5.10 Å². The summed E-state index contributed by atoms with van der Waals surface area (Å²) in [6.07, 6.45) is 8.28. The highest BCUT2D eigenvalue weighted by Crippen LogP contribution is 2.30. The predicted octanol–water partition coefficient (Wildman–Crippen LogP) is 3.34. The molecule has 128 valence electrons. The lowest BCUT2D eigenvalue weighted by Gasteiger charge is -2.32. The van der Waals surface area contributed by atoms with Crippen LogP contribution in [0.4, 0.5) is 10.6 Å². The first-order valence-electron chi connectivity index (χ1n) is 8.82. The number of amides is 2. The van der Waals surface area contributed by atoms with Crippen LogP contribution in [-0.4, -0.2) is 47.0 Å². The Morgan fingerprint density at radius 3 is 2.78 bits per heavy atom. The monoisotopic (exact) mass is 320 g/mol. The summed E-state index contributed by atoms with van der Waals surface area (Å²) in [4.78, 5) is 14.4. The SMILES string of the molecule is COC1CCCN(C(=O)Nc2cc(C)nn2C2CCCCC2)C1. The molecule has 1 atom stereocenters. The number of hydrogen-bond acceptors (Lipinski definition) is 3. The molecule has 1 unspecified atom stereocenters. The molecule has 2 fully saturated rings. The minimum atomic E-state index is -0.0382. The van der Waals surface area contributed by atoms with Crippen molar-refractivity contribution in [2.24, 2.45) is 0 Å². The summed E-state index contributed by atoms with van der Waals surface area (Å²) >= 11 is 0. The van der Waals surface area contributed by atoms with Gasteiger partial charge in [-0.15, -0.1) is 0 Å². The zero-order valence-electron chi connectivity index (χ0n) is 14.3. The molecule has 0 aromatic carbocycles. The first-order chi connectivity index (χ1) is 11.2. The third-order valence-electron chi connectivity index (χ3n) is 5.01. The van der Waals surface area contributed by atoms with Crippen molar-refractivity contribution in [2.45, 2.75) is 64.0 Å². The third-order valence-corrected chi connectivity index (χ3v) is 5.01. The molecule has 1 saturated carbocycles. The highest BCUT2D eigenvalue weighted by molar-refractivity contribution is 5.88. The molecule has 1 aliphatic heterocycles. The largest absolute Gasteiger partial charge is 0.380 e. The lowest BCUT2D eigenvalue weighted by Crippen LogP contribution is -2.45. The number of piperidine rings is 1. The van der Waals surface area contributed by atoms with Gasteiger partial charge in [0, 0.05) is 26.3 Å². The number of aryl methyl sites for hydroxylation is 1. The molecule has 1 aromatic heterocycles. The van der Waals surface area contributed by atoms with E-state index in [2.05, 4.69) is 10.4 Å². The number of ether oxygens (including phenoxy) is 1. The van der Waals surface area contributed by atoms with E-state index in [1.807, 2.05) is 22.6 Å². The first kappa shape index (κ1) is 16.3. The van der Waals surface area contributed by atoms with Crippen molar-refractivity contribution in [2.75, 3.05) is 25.5 Å². The van der Waals surface area contributed by atoms with Gasteiger partial charge in [-0.05, 0) is 32.6 Å². The highest BCUT2D eigenvalue weighted by atomic mass is 16.5. The number of likely N-dealkylation sites (tertiary alicyclic amines) is 1. The fourth-order valence-electron chi connectivity index (χ4n) is 3.72. The second-order valence-corrected chi connectivity index (χ2v) is 6.78. The summed E-state index contributed by atoms with van der Waals surface area (Å²) in [5.41, 5.74) is 0.958. The minimum absolute atomic E-state index is 0.0382. The summed E-state index contributed by atoms with van der Waals surface area (Å²) in [6, 6.07) is 2.36. The molecule has 1 aliphatic carbocycles. The maximum absolute atomic E-state index is 12.6. The minimum Gasteiger partial charge on any atom is -0.380 e. The normalized spacial score (nSPS) is 23.0. The van der Waals surface area contributed by atoms with Gasteiger partial charge in [0.2, 0.25) is 0 Å². The van der Waals surface area contributed by atoms with E-state index in [1.54, 1.807) is 7.11 Å². The lowest BCUT2D eigenvalue weighted by atomic mass is 9.96. The van der Waals surface area contributed by atoms with Gasteiger partial charge in [-0.3, -0.25) is 5.32 Å². The van der Waals surface area contributed by atoms with E-state index < -0.39 is 0 Å². The van der Waals surface area contributed by atoms with Gasteiger partial charge < -0.3 is 9.64 Å². The number of urea groups is 1. The number of nitrogens with zero attached hydrogens (tertiary/aromatic N) is 3. The van der Waals surface area contributed by atoms with Crippen LogP contribution < -0.4 is 5.32 Å². The molecule has 2 heterocycles. The van der Waals surface area contributed by atoms with E-state index in [0.29, 0.717) is 12.6 Å². The Bertz CT molecular complexity index is 537. The Hall–Kier alpha value is -1.56. The number of aromatic nitrogens is 2. The topological polar surface area (TPSA) is 59.4 Å². The summed E-state index contributed by atoms with van der Waals surface area (Å²) in [5, 5.41) is 7.70. The van der Waals surface area contributed by atoms with Crippen molar-refractivity contribution in [3.8, 4) is 0 Å². The van der Waals surface area contributed by atoms with Crippen LogP contribution in [-0.2, 0) is 4.74 Å². The standard InChI is InChI=1S/C17H28N4O2/c1-13-11-16(21(19-13)14-7-4-3-5-8-14)18-17(22)20-10-6-9-15(12-20)23-2/h11,14-15H,3-10,12H2,1-2H3,(H,18,22). The zero-order valence-corrected chi connectivity index (χ0v) is 14.3. The smallest absolute Gasteiger partial charge is 0.323 e. The second-order valence-electron chi connectivity index (χ2n) is 6.78. The zero-order chi connectivity index (χ0) is 16.2. The van der Waals surface area contributed by atoms with Crippen LogP contribution in [0.25, 0.3) is 0 Å². The maximum atomic E-state index is 12.6. The van der Waals surface area contributed by atoms with Gasteiger partial charge in [0.05, 0.1) is 17.8 Å². The molecule has 23 heavy (non-hydrogen) atoms. The molecule has 1 saturated heterocycles. The number of rotatable bonds is 3. The first-order valence-corrected chi connectivity index (χ1v) is 8.82. The molecular formula is C17H28N4O2. The Morgan fingerprint density at radius 2 is 2.04 bits per heavy atom. The molecule has 0 bridgehead atoms. The Kier molecular flexibility index (Phi) is 5.20. The van der Waals surface area contributed by atoms with Gasteiger partial charge in [0.25, 0.3) is 0 Å². The van der Waals surface area contributed by atoms with E-state index >= 15 is 0 Å². The predicted molar refractivity (Wildman–Crippen MR) is 89.7 cm³/mol. The Morgan fingerprint density at radius 1 is 1.26 bits per heavy atom. The molecule has 2 aliphatic rings. The molecule has 6 nitrogen and oxygen atoms in total. The Balaban J connectivity index is 1.68. The van der Waals surface area contributed by atoms with Crippen LogP contribution >= 0.6 is 0 Å². The van der Waals surface area contributed by atoms with Gasteiger partial charge in [0.15, 0.2) is 0 Å². The fourth-order valence-corrected chi connectivity index (χ4v) is 3.72. The van der Waals surface area contributed by atoms with Crippen molar-refractivity contribution in [3.05, 3.63) is 11.8 Å². The molecule has 2 amide bonds. The number of anilines is 1. The van der Waals surface area contributed by atoms with Crippen LogP contribution in [0.5, 0.6) is 0 Å². The summed E-state index contributed by atoms with van der Waals surface area (Å²) < 4.78 is 7.44. The third kappa shape index (κ3) is 3.86. The van der Waals surface area contributed by atoms with Crippen LogP contribution in [0.1, 0.15) is 56.7 Å². The lowest BCUT2D eigenvalue weighted by molar-refractivity contribution is 0.0457. The average molecular weight is 320 g/mol. The molecule has 0 spiro atoms.